The average molecular weight is 351 g/mol. The van der Waals surface area contributed by atoms with Gasteiger partial charge >= 0.3 is 0 Å². The van der Waals surface area contributed by atoms with Gasteiger partial charge in [0.25, 0.3) is 0 Å². The molecule has 1 saturated carbocycles. The molecule has 2 saturated heterocycles. The van der Waals surface area contributed by atoms with E-state index < -0.39 is 0 Å². The second-order valence-corrected chi connectivity index (χ2v) is 8.39. The van der Waals surface area contributed by atoms with Crippen molar-refractivity contribution < 1.29 is 5.11 Å². The fraction of sp³-hybridized carbons (Fsp3) is 0.950. The number of hydrogen-bond donors (Lipinski definition) is 2. The Morgan fingerprint density at radius 3 is 2.60 bits per heavy atom. The molecule has 5 heteroatoms. The van der Waals surface area contributed by atoms with Crippen LogP contribution in [0.25, 0.3) is 0 Å². The number of hydrogen-bond acceptors (Lipinski definition) is 3. The van der Waals surface area contributed by atoms with Crippen molar-refractivity contribution >= 4 is 5.96 Å². The van der Waals surface area contributed by atoms with E-state index >= 15 is 0 Å². The average Bonchev–Trinajstić information content (AvgIpc) is 3.03. The molecule has 0 aromatic heterocycles. The molecule has 3 fully saturated rings. The van der Waals surface area contributed by atoms with Gasteiger partial charge in [-0.15, -0.1) is 0 Å². The molecule has 5 nitrogen and oxygen atoms in total. The lowest BCUT2D eigenvalue weighted by molar-refractivity contribution is 0.0824. The van der Waals surface area contributed by atoms with Crippen LogP contribution in [0, 0.1) is 5.41 Å². The highest BCUT2D eigenvalue weighted by Crippen LogP contribution is 2.43. The van der Waals surface area contributed by atoms with Gasteiger partial charge in [-0.25, -0.2) is 0 Å². The zero-order valence-corrected chi connectivity index (χ0v) is 16.2. The van der Waals surface area contributed by atoms with Gasteiger partial charge in [-0.3, -0.25) is 4.99 Å². The smallest absolute Gasteiger partial charge is 0.193 e. The van der Waals surface area contributed by atoms with Crippen molar-refractivity contribution in [3.63, 3.8) is 0 Å². The van der Waals surface area contributed by atoms with Crippen LogP contribution in [0.2, 0.25) is 0 Å². The van der Waals surface area contributed by atoms with E-state index in [1.807, 2.05) is 0 Å². The van der Waals surface area contributed by atoms with Gasteiger partial charge in [-0.05, 0) is 57.4 Å². The lowest BCUT2D eigenvalue weighted by Gasteiger charge is -2.33. The van der Waals surface area contributed by atoms with Crippen LogP contribution in [0.15, 0.2) is 4.99 Å². The highest BCUT2D eigenvalue weighted by Gasteiger charge is 2.39. The van der Waals surface area contributed by atoms with Crippen molar-refractivity contribution in [1.82, 2.24) is 15.1 Å². The van der Waals surface area contributed by atoms with Crippen LogP contribution in [-0.2, 0) is 0 Å². The van der Waals surface area contributed by atoms with Gasteiger partial charge in [0.1, 0.15) is 0 Å². The standard InChI is InChI=1S/C20H38N4O/c1-2-21-19(22-12-6-13-23-14-7-18(25)8-15-23)24-16-11-20(17-24)9-4-3-5-10-20/h18,25H,2-17H2,1H3,(H,21,22). The summed E-state index contributed by atoms with van der Waals surface area (Å²) in [4.78, 5) is 9.92. The number of piperidine rings is 1. The van der Waals surface area contributed by atoms with E-state index in [4.69, 9.17) is 4.99 Å². The van der Waals surface area contributed by atoms with E-state index in [-0.39, 0.29) is 6.10 Å². The van der Waals surface area contributed by atoms with E-state index in [0.717, 1.165) is 57.9 Å². The van der Waals surface area contributed by atoms with Gasteiger partial charge in [0.05, 0.1) is 6.10 Å². The molecule has 0 aromatic carbocycles. The Bertz CT molecular complexity index is 425. The van der Waals surface area contributed by atoms with Crippen molar-refractivity contribution in [1.29, 1.82) is 0 Å². The summed E-state index contributed by atoms with van der Waals surface area (Å²) in [6.07, 6.45) is 11.4. The summed E-state index contributed by atoms with van der Waals surface area (Å²) in [5.74, 6) is 1.14. The zero-order chi connectivity index (χ0) is 17.5. The quantitative estimate of drug-likeness (QED) is 0.454. The molecule has 25 heavy (non-hydrogen) atoms. The van der Waals surface area contributed by atoms with Crippen molar-refractivity contribution in [2.24, 2.45) is 10.4 Å². The molecule has 0 amide bonds. The summed E-state index contributed by atoms with van der Waals surface area (Å²) in [5, 5.41) is 13.1. The predicted molar refractivity (Wildman–Crippen MR) is 104 cm³/mol. The van der Waals surface area contributed by atoms with E-state index in [2.05, 4.69) is 22.0 Å². The van der Waals surface area contributed by atoms with Gasteiger partial charge < -0.3 is 20.2 Å². The Balaban J connectivity index is 1.44. The number of aliphatic hydroxyl groups is 1. The van der Waals surface area contributed by atoms with Crippen molar-refractivity contribution in [2.45, 2.75) is 70.8 Å². The Morgan fingerprint density at radius 1 is 1.12 bits per heavy atom. The minimum Gasteiger partial charge on any atom is -0.393 e. The first kappa shape index (κ1) is 19.0. The van der Waals surface area contributed by atoms with Crippen molar-refractivity contribution in [3.05, 3.63) is 0 Å². The maximum atomic E-state index is 9.59. The summed E-state index contributed by atoms with van der Waals surface area (Å²) < 4.78 is 0. The predicted octanol–water partition coefficient (Wildman–Crippen LogP) is 2.45. The molecule has 3 rings (SSSR count). The molecule has 2 heterocycles. The fourth-order valence-corrected chi connectivity index (χ4v) is 4.87. The molecule has 2 N–H and O–H groups in total. The minimum atomic E-state index is -0.0723. The molecule has 1 spiro atoms. The van der Waals surface area contributed by atoms with E-state index in [0.29, 0.717) is 5.41 Å². The summed E-state index contributed by atoms with van der Waals surface area (Å²) >= 11 is 0. The lowest BCUT2D eigenvalue weighted by Crippen LogP contribution is -2.42. The van der Waals surface area contributed by atoms with Gasteiger partial charge in [0.2, 0.25) is 0 Å². The molecule has 0 aromatic rings. The van der Waals surface area contributed by atoms with Crippen molar-refractivity contribution in [3.8, 4) is 0 Å². The third kappa shape index (κ3) is 5.33. The molecule has 1 aliphatic carbocycles. The normalized spacial score (nSPS) is 25.7. The first-order valence-electron chi connectivity index (χ1n) is 10.6. The third-order valence-electron chi connectivity index (χ3n) is 6.44. The minimum absolute atomic E-state index is 0.0723. The molecular weight excluding hydrogens is 312 g/mol. The monoisotopic (exact) mass is 350 g/mol. The number of aliphatic hydroxyl groups excluding tert-OH is 1. The Hall–Kier alpha value is -0.810. The zero-order valence-electron chi connectivity index (χ0n) is 16.2. The highest BCUT2D eigenvalue weighted by atomic mass is 16.3. The van der Waals surface area contributed by atoms with Gasteiger partial charge in [-0.1, -0.05) is 19.3 Å². The number of aliphatic imine (C=N–C) groups is 1. The Morgan fingerprint density at radius 2 is 1.88 bits per heavy atom. The molecule has 3 aliphatic rings. The van der Waals surface area contributed by atoms with E-state index in [9.17, 15) is 5.11 Å². The van der Waals surface area contributed by atoms with Gasteiger partial charge in [0.15, 0.2) is 5.96 Å². The van der Waals surface area contributed by atoms with Crippen molar-refractivity contribution in [2.75, 3.05) is 45.8 Å². The number of guanidine groups is 1. The molecule has 144 valence electrons. The second-order valence-electron chi connectivity index (χ2n) is 8.39. The van der Waals surface area contributed by atoms with Crippen LogP contribution >= 0.6 is 0 Å². The molecule has 2 aliphatic heterocycles. The van der Waals surface area contributed by atoms with E-state index in [1.54, 1.807) is 0 Å². The topological polar surface area (TPSA) is 51.1 Å². The Kier molecular flexibility index (Phi) is 7.00. The highest BCUT2D eigenvalue weighted by molar-refractivity contribution is 5.80. The molecule has 0 radical (unpaired) electrons. The van der Waals surface area contributed by atoms with Crippen LogP contribution in [-0.4, -0.2) is 72.8 Å². The van der Waals surface area contributed by atoms with Crippen LogP contribution in [0.3, 0.4) is 0 Å². The fourth-order valence-electron chi connectivity index (χ4n) is 4.87. The summed E-state index contributed by atoms with van der Waals surface area (Å²) in [6, 6.07) is 0. The van der Waals surface area contributed by atoms with Crippen LogP contribution in [0.5, 0.6) is 0 Å². The second kappa shape index (κ2) is 9.22. The SMILES string of the molecule is CCNC(=NCCCN1CCC(O)CC1)N1CCC2(CCCCC2)C1. The summed E-state index contributed by atoms with van der Waals surface area (Å²) in [7, 11) is 0. The van der Waals surface area contributed by atoms with Crippen LogP contribution < -0.4 is 5.32 Å². The maximum Gasteiger partial charge on any atom is 0.193 e. The maximum absolute atomic E-state index is 9.59. The van der Waals surface area contributed by atoms with E-state index in [1.165, 1.54) is 51.6 Å². The number of nitrogens with zero attached hydrogens (tertiary/aromatic N) is 3. The largest absolute Gasteiger partial charge is 0.393 e. The first-order valence-corrected chi connectivity index (χ1v) is 10.6. The van der Waals surface area contributed by atoms with Crippen LogP contribution in [0.4, 0.5) is 0 Å². The summed E-state index contributed by atoms with van der Waals surface area (Å²) in [6.45, 7) is 9.61. The number of nitrogens with one attached hydrogen (secondary N) is 1. The van der Waals surface area contributed by atoms with Gasteiger partial charge in [-0.2, -0.15) is 0 Å². The first-order chi connectivity index (χ1) is 12.2. The number of rotatable bonds is 5. The third-order valence-corrected chi connectivity index (χ3v) is 6.44. The molecular formula is C20H38N4O. The molecule has 0 atom stereocenters. The van der Waals surface area contributed by atoms with Crippen LogP contribution in [0.1, 0.15) is 64.7 Å². The van der Waals surface area contributed by atoms with Gasteiger partial charge in [0, 0.05) is 39.3 Å². The molecule has 0 unspecified atom stereocenters. The Labute approximate surface area is 153 Å². The number of likely N-dealkylation sites (tertiary alicyclic amines) is 2. The summed E-state index contributed by atoms with van der Waals surface area (Å²) in [5.41, 5.74) is 0.586. The molecule has 0 bridgehead atoms. The lowest BCUT2D eigenvalue weighted by atomic mass is 9.73.